The van der Waals surface area contributed by atoms with Gasteiger partial charge in [-0.05, 0) is 19.3 Å². The van der Waals surface area contributed by atoms with E-state index in [0.29, 0.717) is 6.42 Å². The molecule has 2 atom stereocenters. The van der Waals surface area contributed by atoms with Crippen LogP contribution in [0.1, 0.15) is 25.7 Å². The molecule has 3 N–H and O–H groups in total. The molecule has 1 saturated heterocycles. The second-order valence-electron chi connectivity index (χ2n) is 3.09. The van der Waals surface area contributed by atoms with Crippen LogP contribution in [0.25, 0.3) is 0 Å². The van der Waals surface area contributed by atoms with E-state index < -0.39 is 0 Å². The average Bonchev–Trinajstić information content (AvgIpc) is 2.15. The third-order valence-electron chi connectivity index (χ3n) is 2.22. The van der Waals surface area contributed by atoms with Crippen LogP contribution in [0.2, 0.25) is 0 Å². The van der Waals surface area contributed by atoms with E-state index in [4.69, 9.17) is 17.0 Å². The van der Waals surface area contributed by atoms with Gasteiger partial charge in [0.15, 0.2) is 0 Å². The minimum Gasteiger partial charge on any atom is -0.377 e. The lowest BCUT2D eigenvalue weighted by Crippen LogP contribution is -2.46. The molecule has 1 aliphatic heterocycles. The molecule has 12 heavy (non-hydrogen) atoms. The molecule has 0 aromatic heterocycles. The maximum atomic E-state index is 5.55. The summed E-state index contributed by atoms with van der Waals surface area (Å²) in [4.78, 5) is 0. The van der Waals surface area contributed by atoms with Crippen molar-refractivity contribution < 1.29 is 4.74 Å². The van der Waals surface area contributed by atoms with Crippen molar-refractivity contribution in [2.75, 3.05) is 6.61 Å². The number of hydrogen-bond donors (Lipinski definition) is 2. The lowest BCUT2D eigenvalue weighted by Gasteiger charge is -2.28. The van der Waals surface area contributed by atoms with Crippen molar-refractivity contribution in [2.24, 2.45) is 5.84 Å². The number of nitrogens with two attached hydrogens (primary N) is 1. The number of hydrazine groups is 1. The Morgan fingerprint density at radius 2 is 2.50 bits per heavy atom. The summed E-state index contributed by atoms with van der Waals surface area (Å²) in [6.07, 6.45) is 9.50. The van der Waals surface area contributed by atoms with E-state index in [0.717, 1.165) is 19.4 Å². The molecular formula is C9H16N2O. The fraction of sp³-hybridized carbons (Fsp3) is 0.778. The number of nitrogens with one attached hydrogen (secondary N) is 1. The van der Waals surface area contributed by atoms with Gasteiger partial charge in [-0.1, -0.05) is 0 Å². The first-order valence-corrected chi connectivity index (χ1v) is 4.39. The van der Waals surface area contributed by atoms with Crippen LogP contribution in [0, 0.1) is 12.3 Å². The van der Waals surface area contributed by atoms with Crippen molar-refractivity contribution in [3.05, 3.63) is 0 Å². The van der Waals surface area contributed by atoms with Gasteiger partial charge in [-0.3, -0.25) is 11.3 Å². The molecule has 1 aliphatic rings. The lowest BCUT2D eigenvalue weighted by molar-refractivity contribution is -0.00644. The summed E-state index contributed by atoms with van der Waals surface area (Å²) in [5, 5.41) is 0. The predicted octanol–water partition coefficient (Wildman–Crippen LogP) is 0.411. The molecule has 0 spiro atoms. The highest BCUT2D eigenvalue weighted by Gasteiger charge is 2.22. The Kier molecular flexibility index (Phi) is 4.09. The summed E-state index contributed by atoms with van der Waals surface area (Å²) in [7, 11) is 0. The maximum absolute atomic E-state index is 5.55. The third-order valence-corrected chi connectivity index (χ3v) is 2.22. The Hall–Kier alpha value is -0.560. The van der Waals surface area contributed by atoms with Gasteiger partial charge in [0.1, 0.15) is 0 Å². The molecule has 0 bridgehead atoms. The molecule has 1 fully saturated rings. The zero-order chi connectivity index (χ0) is 8.81. The summed E-state index contributed by atoms with van der Waals surface area (Å²) in [6.45, 7) is 0.841. The Morgan fingerprint density at radius 3 is 3.00 bits per heavy atom. The van der Waals surface area contributed by atoms with Gasteiger partial charge in [0.25, 0.3) is 0 Å². The molecule has 1 rings (SSSR count). The van der Waals surface area contributed by atoms with Crippen LogP contribution in [-0.2, 0) is 4.74 Å². The maximum Gasteiger partial charge on any atom is 0.0750 e. The van der Waals surface area contributed by atoms with E-state index in [1.54, 1.807) is 0 Å². The normalized spacial score (nSPS) is 26.2. The van der Waals surface area contributed by atoms with Crippen molar-refractivity contribution in [1.29, 1.82) is 0 Å². The Balaban J connectivity index is 2.36. The van der Waals surface area contributed by atoms with E-state index in [2.05, 4.69) is 11.3 Å². The Labute approximate surface area is 73.6 Å². The zero-order valence-corrected chi connectivity index (χ0v) is 7.25. The smallest absolute Gasteiger partial charge is 0.0750 e. The summed E-state index contributed by atoms with van der Waals surface area (Å²) < 4.78 is 5.55. The zero-order valence-electron chi connectivity index (χ0n) is 7.25. The minimum absolute atomic E-state index is 0.121. The van der Waals surface area contributed by atoms with Crippen LogP contribution < -0.4 is 11.3 Å². The van der Waals surface area contributed by atoms with Crippen molar-refractivity contribution >= 4 is 0 Å². The van der Waals surface area contributed by atoms with Crippen LogP contribution in [0.5, 0.6) is 0 Å². The van der Waals surface area contributed by atoms with Crippen molar-refractivity contribution in [1.82, 2.24) is 5.43 Å². The van der Waals surface area contributed by atoms with Gasteiger partial charge in [-0.15, -0.1) is 12.3 Å². The Bertz CT molecular complexity index is 158. The predicted molar refractivity (Wildman–Crippen MR) is 48.2 cm³/mol. The van der Waals surface area contributed by atoms with E-state index in [9.17, 15) is 0 Å². The monoisotopic (exact) mass is 168 g/mol. The van der Waals surface area contributed by atoms with Gasteiger partial charge in [-0.2, -0.15) is 0 Å². The van der Waals surface area contributed by atoms with E-state index in [1.165, 1.54) is 6.42 Å². The summed E-state index contributed by atoms with van der Waals surface area (Å²) in [6, 6.07) is 0.121. The van der Waals surface area contributed by atoms with Gasteiger partial charge < -0.3 is 4.74 Å². The van der Waals surface area contributed by atoms with Gasteiger partial charge in [0.2, 0.25) is 0 Å². The molecule has 0 aromatic carbocycles. The molecule has 0 aromatic rings. The first kappa shape index (κ1) is 9.53. The summed E-state index contributed by atoms with van der Waals surface area (Å²) in [5.41, 5.74) is 2.71. The first-order valence-electron chi connectivity index (χ1n) is 4.39. The second kappa shape index (κ2) is 5.15. The molecule has 0 aliphatic carbocycles. The van der Waals surface area contributed by atoms with Gasteiger partial charge >= 0.3 is 0 Å². The molecule has 0 radical (unpaired) electrons. The lowest BCUT2D eigenvalue weighted by atomic mass is 10.0. The largest absolute Gasteiger partial charge is 0.377 e. The minimum atomic E-state index is 0.121. The topological polar surface area (TPSA) is 47.3 Å². The molecule has 3 heteroatoms. The number of terminal acetylenes is 1. The quantitative estimate of drug-likeness (QED) is 0.364. The van der Waals surface area contributed by atoms with Crippen molar-refractivity contribution in [3.8, 4) is 12.3 Å². The van der Waals surface area contributed by atoms with Crippen LogP contribution in [0.3, 0.4) is 0 Å². The third kappa shape index (κ3) is 2.49. The van der Waals surface area contributed by atoms with E-state index in [-0.39, 0.29) is 12.1 Å². The molecule has 2 unspecified atom stereocenters. The highest BCUT2D eigenvalue weighted by Crippen LogP contribution is 2.16. The summed E-state index contributed by atoms with van der Waals surface area (Å²) in [5.74, 6) is 7.96. The highest BCUT2D eigenvalue weighted by atomic mass is 16.5. The Morgan fingerprint density at radius 1 is 1.67 bits per heavy atom. The van der Waals surface area contributed by atoms with Crippen molar-refractivity contribution in [3.63, 3.8) is 0 Å². The van der Waals surface area contributed by atoms with E-state index in [1.807, 2.05) is 0 Å². The van der Waals surface area contributed by atoms with Gasteiger partial charge in [0, 0.05) is 13.0 Å². The molecule has 3 nitrogen and oxygen atoms in total. The highest BCUT2D eigenvalue weighted by molar-refractivity contribution is 4.92. The standard InChI is InChI=1S/C9H16N2O/c1-2-5-8(11-10)9-6-3-4-7-12-9/h1,8-9,11H,3-7,10H2. The van der Waals surface area contributed by atoms with Crippen LogP contribution in [0.15, 0.2) is 0 Å². The van der Waals surface area contributed by atoms with Crippen molar-refractivity contribution in [2.45, 2.75) is 37.8 Å². The van der Waals surface area contributed by atoms with Gasteiger partial charge in [0.05, 0.1) is 12.1 Å². The van der Waals surface area contributed by atoms with Crippen LogP contribution in [-0.4, -0.2) is 18.8 Å². The fourth-order valence-corrected chi connectivity index (χ4v) is 1.51. The molecule has 0 saturated carbocycles. The SMILES string of the molecule is C#CCC(NN)C1CCCCO1. The first-order chi connectivity index (χ1) is 5.88. The molecule has 0 amide bonds. The average molecular weight is 168 g/mol. The second-order valence-corrected chi connectivity index (χ2v) is 3.09. The summed E-state index contributed by atoms with van der Waals surface area (Å²) >= 11 is 0. The van der Waals surface area contributed by atoms with E-state index >= 15 is 0 Å². The number of hydrogen-bond acceptors (Lipinski definition) is 3. The van der Waals surface area contributed by atoms with Crippen LogP contribution in [0.4, 0.5) is 0 Å². The fourth-order valence-electron chi connectivity index (χ4n) is 1.51. The molecular weight excluding hydrogens is 152 g/mol. The van der Waals surface area contributed by atoms with Crippen LogP contribution >= 0.6 is 0 Å². The molecule has 1 heterocycles. The molecule has 68 valence electrons. The number of rotatable bonds is 3. The number of ether oxygens (including phenoxy) is 1. The van der Waals surface area contributed by atoms with Gasteiger partial charge in [-0.25, -0.2) is 0 Å².